The standard InChI is InChI=1S/C39H78O4/c1-4-6-8-10-12-24-28-32-36-42-39(43-37-33-29-25-13-11-9-7-5-2)34-30-26-22-20-18-16-14-15-17-19-21-23-27-31-35-41-38-40-3/h31,35,39H,4-30,32-34,36-38H2,1-3H3. The summed E-state index contributed by atoms with van der Waals surface area (Å²) in [4.78, 5) is 0. The lowest BCUT2D eigenvalue weighted by Gasteiger charge is -2.19. The fourth-order valence-corrected chi connectivity index (χ4v) is 5.70. The molecule has 0 saturated heterocycles. The normalized spacial score (nSPS) is 11.8. The summed E-state index contributed by atoms with van der Waals surface area (Å²) in [6.45, 7) is 6.68. The number of allylic oxidation sites excluding steroid dienone is 1. The van der Waals surface area contributed by atoms with Crippen LogP contribution in [0.4, 0.5) is 0 Å². The Morgan fingerprint density at radius 1 is 0.442 bits per heavy atom. The Bertz CT molecular complexity index is 487. The SMILES string of the molecule is CCCCCCCCCCOC(CCCCCCCCCCCCCCC=COCOC)OCCCCCCCCCC. The second-order valence-electron chi connectivity index (χ2n) is 12.9. The summed E-state index contributed by atoms with van der Waals surface area (Å²) in [6, 6.07) is 0. The first-order valence-electron chi connectivity index (χ1n) is 19.3. The molecule has 0 aliphatic rings. The molecule has 4 heteroatoms. The number of hydrogen-bond acceptors (Lipinski definition) is 4. The first-order valence-corrected chi connectivity index (χ1v) is 19.3. The lowest BCUT2D eigenvalue weighted by atomic mass is 10.0. The van der Waals surface area contributed by atoms with Gasteiger partial charge in [0.25, 0.3) is 0 Å². The van der Waals surface area contributed by atoms with E-state index in [2.05, 4.69) is 19.9 Å². The van der Waals surface area contributed by atoms with Gasteiger partial charge in [-0.05, 0) is 44.6 Å². The number of unbranched alkanes of at least 4 members (excludes halogenated alkanes) is 26. The van der Waals surface area contributed by atoms with Gasteiger partial charge in [0.1, 0.15) is 0 Å². The van der Waals surface area contributed by atoms with Crippen LogP contribution in [-0.2, 0) is 18.9 Å². The minimum absolute atomic E-state index is 0.0223. The average Bonchev–Trinajstić information content (AvgIpc) is 3.02. The average molecular weight is 611 g/mol. The molecule has 0 aliphatic carbocycles. The summed E-state index contributed by atoms with van der Waals surface area (Å²) in [5, 5.41) is 0. The molecule has 0 bridgehead atoms. The summed E-state index contributed by atoms with van der Waals surface area (Å²) in [6.07, 6.45) is 44.0. The molecule has 0 N–H and O–H groups in total. The molecule has 258 valence electrons. The highest BCUT2D eigenvalue weighted by molar-refractivity contribution is 4.72. The Morgan fingerprint density at radius 3 is 1.23 bits per heavy atom. The van der Waals surface area contributed by atoms with Gasteiger partial charge >= 0.3 is 0 Å². The monoisotopic (exact) mass is 611 g/mol. The van der Waals surface area contributed by atoms with E-state index in [0.29, 0.717) is 6.79 Å². The third-order valence-electron chi connectivity index (χ3n) is 8.54. The van der Waals surface area contributed by atoms with Crippen LogP contribution in [-0.4, -0.2) is 33.4 Å². The summed E-state index contributed by atoms with van der Waals surface area (Å²) >= 11 is 0. The second-order valence-corrected chi connectivity index (χ2v) is 12.9. The van der Waals surface area contributed by atoms with Gasteiger partial charge in [0, 0.05) is 20.3 Å². The highest BCUT2D eigenvalue weighted by atomic mass is 16.7. The molecule has 0 unspecified atom stereocenters. The maximum Gasteiger partial charge on any atom is 0.187 e. The maximum atomic E-state index is 6.26. The van der Waals surface area contributed by atoms with Crippen molar-refractivity contribution in [1.82, 2.24) is 0 Å². The van der Waals surface area contributed by atoms with Gasteiger partial charge in [-0.25, -0.2) is 0 Å². The summed E-state index contributed by atoms with van der Waals surface area (Å²) < 4.78 is 22.5. The fraction of sp³-hybridized carbons (Fsp3) is 0.949. The Morgan fingerprint density at radius 2 is 0.814 bits per heavy atom. The van der Waals surface area contributed by atoms with Crippen molar-refractivity contribution in [1.29, 1.82) is 0 Å². The highest BCUT2D eigenvalue weighted by Gasteiger charge is 2.09. The van der Waals surface area contributed by atoms with Crippen molar-refractivity contribution >= 4 is 0 Å². The molecular formula is C39H78O4. The predicted octanol–water partition coefficient (Wildman–Crippen LogP) is 13.2. The highest BCUT2D eigenvalue weighted by Crippen LogP contribution is 2.16. The lowest BCUT2D eigenvalue weighted by Crippen LogP contribution is -2.19. The van der Waals surface area contributed by atoms with E-state index in [1.807, 2.05) is 0 Å². The summed E-state index contributed by atoms with van der Waals surface area (Å²) in [5.74, 6) is 0. The maximum absolute atomic E-state index is 6.26. The van der Waals surface area contributed by atoms with Gasteiger partial charge in [-0.2, -0.15) is 0 Å². The zero-order chi connectivity index (χ0) is 31.2. The minimum atomic E-state index is 0.0223. The van der Waals surface area contributed by atoms with Crippen LogP contribution in [0.3, 0.4) is 0 Å². The Hall–Kier alpha value is -0.580. The van der Waals surface area contributed by atoms with Crippen LogP contribution in [0.2, 0.25) is 0 Å². The van der Waals surface area contributed by atoms with E-state index in [1.165, 1.54) is 180 Å². The first kappa shape index (κ1) is 42.4. The Kier molecular flexibility index (Phi) is 38.9. The minimum Gasteiger partial charge on any atom is -0.476 e. The van der Waals surface area contributed by atoms with Crippen LogP contribution in [0, 0.1) is 0 Å². The zero-order valence-corrected chi connectivity index (χ0v) is 29.7. The molecule has 0 saturated carbocycles. The smallest absolute Gasteiger partial charge is 0.187 e. The van der Waals surface area contributed by atoms with Crippen LogP contribution in [0.15, 0.2) is 12.3 Å². The number of hydrogen-bond donors (Lipinski definition) is 0. The number of ether oxygens (including phenoxy) is 4. The zero-order valence-electron chi connectivity index (χ0n) is 29.7. The van der Waals surface area contributed by atoms with Gasteiger partial charge in [-0.3, -0.25) is 0 Å². The van der Waals surface area contributed by atoms with Crippen LogP contribution < -0.4 is 0 Å². The van der Waals surface area contributed by atoms with Gasteiger partial charge in [0.05, 0.1) is 6.26 Å². The van der Waals surface area contributed by atoms with Crippen molar-refractivity contribution in [3.05, 3.63) is 12.3 Å². The molecule has 0 aromatic carbocycles. The van der Waals surface area contributed by atoms with Crippen molar-refractivity contribution in [3.63, 3.8) is 0 Å². The van der Waals surface area contributed by atoms with Crippen LogP contribution >= 0.6 is 0 Å². The largest absolute Gasteiger partial charge is 0.476 e. The van der Waals surface area contributed by atoms with E-state index in [1.54, 1.807) is 13.4 Å². The second kappa shape index (κ2) is 39.4. The quantitative estimate of drug-likeness (QED) is 0.0396. The molecule has 0 fully saturated rings. The molecule has 0 aromatic heterocycles. The predicted molar refractivity (Wildman–Crippen MR) is 188 cm³/mol. The van der Waals surface area contributed by atoms with Crippen molar-refractivity contribution in [2.24, 2.45) is 0 Å². The Labute approximate surface area is 270 Å². The van der Waals surface area contributed by atoms with E-state index in [0.717, 1.165) is 26.1 Å². The topological polar surface area (TPSA) is 36.9 Å². The molecule has 0 aliphatic heterocycles. The molecule has 0 radical (unpaired) electrons. The molecule has 0 heterocycles. The lowest BCUT2D eigenvalue weighted by molar-refractivity contribution is -0.148. The van der Waals surface area contributed by atoms with E-state index in [9.17, 15) is 0 Å². The Balaban J connectivity index is 3.79. The fourth-order valence-electron chi connectivity index (χ4n) is 5.70. The molecule has 43 heavy (non-hydrogen) atoms. The van der Waals surface area contributed by atoms with Crippen molar-refractivity contribution < 1.29 is 18.9 Å². The summed E-state index contributed by atoms with van der Waals surface area (Å²) in [7, 11) is 1.65. The van der Waals surface area contributed by atoms with Gasteiger partial charge in [-0.1, -0.05) is 168 Å². The van der Waals surface area contributed by atoms with E-state index < -0.39 is 0 Å². The molecule has 0 aromatic rings. The van der Waals surface area contributed by atoms with Gasteiger partial charge < -0.3 is 18.9 Å². The third-order valence-corrected chi connectivity index (χ3v) is 8.54. The number of rotatable bonds is 38. The van der Waals surface area contributed by atoms with Crippen molar-refractivity contribution in [2.75, 3.05) is 27.1 Å². The van der Waals surface area contributed by atoms with E-state index in [4.69, 9.17) is 18.9 Å². The van der Waals surface area contributed by atoms with Crippen molar-refractivity contribution in [3.8, 4) is 0 Å². The molecule has 0 amide bonds. The summed E-state index contributed by atoms with van der Waals surface area (Å²) in [5.41, 5.74) is 0. The molecule has 0 spiro atoms. The van der Waals surface area contributed by atoms with Gasteiger partial charge in [0.15, 0.2) is 13.1 Å². The van der Waals surface area contributed by atoms with Crippen LogP contribution in [0.25, 0.3) is 0 Å². The van der Waals surface area contributed by atoms with Crippen molar-refractivity contribution in [2.45, 2.75) is 213 Å². The van der Waals surface area contributed by atoms with E-state index in [-0.39, 0.29) is 6.29 Å². The van der Waals surface area contributed by atoms with E-state index >= 15 is 0 Å². The third kappa shape index (κ3) is 37.5. The first-order chi connectivity index (χ1) is 21.3. The van der Waals surface area contributed by atoms with Crippen LogP contribution in [0.1, 0.15) is 206 Å². The van der Waals surface area contributed by atoms with Crippen LogP contribution in [0.5, 0.6) is 0 Å². The molecule has 0 atom stereocenters. The molecule has 4 nitrogen and oxygen atoms in total. The van der Waals surface area contributed by atoms with Gasteiger partial charge in [-0.15, -0.1) is 0 Å². The van der Waals surface area contributed by atoms with Gasteiger partial charge in [0.2, 0.25) is 0 Å². The number of methoxy groups -OCH3 is 1. The molecular weight excluding hydrogens is 532 g/mol. The molecule has 0 rings (SSSR count).